The van der Waals surface area contributed by atoms with Gasteiger partial charge in [-0.25, -0.2) is 0 Å². The predicted molar refractivity (Wildman–Crippen MR) is 68.2 cm³/mol. The molecule has 3 amide bonds. The first-order valence-corrected chi connectivity index (χ1v) is 6.21. The van der Waals surface area contributed by atoms with Crippen molar-refractivity contribution >= 4 is 45.3 Å². The molecule has 2 rings (SSSR count). The van der Waals surface area contributed by atoms with Gasteiger partial charge in [0.1, 0.15) is 13.1 Å². The number of carbonyl (C=O) groups is 3. The summed E-state index contributed by atoms with van der Waals surface area (Å²) in [5.74, 6) is -1.36. The predicted octanol–water partition coefficient (Wildman–Crippen LogP) is 1.20. The van der Waals surface area contributed by atoms with Gasteiger partial charge in [-0.3, -0.25) is 19.7 Å². The molecule has 1 N–H and O–H groups in total. The molecule has 1 aromatic rings. The molecule has 18 heavy (non-hydrogen) atoms. The van der Waals surface area contributed by atoms with E-state index >= 15 is 0 Å². The van der Waals surface area contributed by atoms with Crippen LogP contribution in [0, 0.1) is 0 Å². The van der Waals surface area contributed by atoms with E-state index in [-0.39, 0.29) is 13.1 Å². The van der Waals surface area contributed by atoms with Crippen LogP contribution in [0.5, 0.6) is 0 Å². The van der Waals surface area contributed by atoms with Crippen molar-refractivity contribution in [3.63, 3.8) is 0 Å². The molecule has 1 fully saturated rings. The average Bonchev–Trinajstić information content (AvgIpc) is 2.30. The number of halogens is 2. The van der Waals surface area contributed by atoms with Crippen LogP contribution in [0.1, 0.15) is 10.4 Å². The highest BCUT2D eigenvalue weighted by molar-refractivity contribution is 9.10. The Kier molecular flexibility index (Phi) is 3.68. The minimum absolute atomic E-state index is 0.127. The summed E-state index contributed by atoms with van der Waals surface area (Å²) < 4.78 is 0.674. The molecule has 0 saturated carbocycles. The van der Waals surface area contributed by atoms with Crippen molar-refractivity contribution < 1.29 is 14.4 Å². The largest absolute Gasteiger partial charge is 0.320 e. The molecule has 1 saturated heterocycles. The van der Waals surface area contributed by atoms with Crippen LogP contribution >= 0.6 is 27.5 Å². The lowest BCUT2D eigenvalue weighted by molar-refractivity contribution is -0.135. The maximum atomic E-state index is 12.1. The summed E-state index contributed by atoms with van der Waals surface area (Å²) in [5, 5.41) is 2.53. The van der Waals surface area contributed by atoms with Crippen LogP contribution in [-0.2, 0) is 9.59 Å². The first kappa shape index (κ1) is 13.0. The Morgan fingerprint density at radius 2 is 1.89 bits per heavy atom. The van der Waals surface area contributed by atoms with Gasteiger partial charge in [0.25, 0.3) is 5.91 Å². The second-order valence-corrected chi connectivity index (χ2v) is 5.02. The van der Waals surface area contributed by atoms with Crippen LogP contribution in [0.15, 0.2) is 22.7 Å². The fraction of sp³-hybridized carbons (Fsp3) is 0.182. The first-order chi connectivity index (χ1) is 8.47. The van der Waals surface area contributed by atoms with Gasteiger partial charge in [-0.15, -0.1) is 0 Å². The third-order valence-corrected chi connectivity index (χ3v) is 3.63. The fourth-order valence-electron chi connectivity index (χ4n) is 1.59. The summed E-state index contributed by atoms with van der Waals surface area (Å²) in [4.78, 5) is 35.6. The van der Waals surface area contributed by atoms with E-state index in [4.69, 9.17) is 11.6 Å². The average molecular weight is 332 g/mol. The van der Waals surface area contributed by atoms with Gasteiger partial charge in [0.2, 0.25) is 11.8 Å². The second kappa shape index (κ2) is 5.07. The molecule has 7 heteroatoms. The van der Waals surface area contributed by atoms with Gasteiger partial charge in [-0.1, -0.05) is 11.6 Å². The standard InChI is InChI=1S/C11H8BrClN2O3/c12-7-2-1-6(3-8(7)13)11(18)15-4-9(16)14-10(17)5-15/h1-3H,4-5H2,(H,14,16,17). The van der Waals surface area contributed by atoms with Crippen LogP contribution in [0.25, 0.3) is 0 Å². The van der Waals surface area contributed by atoms with Gasteiger partial charge in [0.15, 0.2) is 0 Å². The molecule has 1 aliphatic rings. The molecule has 0 aromatic heterocycles. The molecule has 1 aromatic carbocycles. The third kappa shape index (κ3) is 2.70. The quantitative estimate of drug-likeness (QED) is 0.786. The van der Waals surface area contributed by atoms with Gasteiger partial charge in [0, 0.05) is 10.0 Å². The lowest BCUT2D eigenvalue weighted by Gasteiger charge is -2.25. The lowest BCUT2D eigenvalue weighted by Crippen LogP contribution is -2.53. The molecule has 0 unspecified atom stereocenters. The topological polar surface area (TPSA) is 66.5 Å². The molecule has 0 bridgehead atoms. The minimum Gasteiger partial charge on any atom is -0.320 e. The number of imide groups is 1. The van der Waals surface area contributed by atoms with E-state index in [1.54, 1.807) is 12.1 Å². The van der Waals surface area contributed by atoms with Crippen LogP contribution in [0.2, 0.25) is 5.02 Å². The molecular weight excluding hydrogens is 323 g/mol. The zero-order valence-electron chi connectivity index (χ0n) is 9.07. The molecule has 5 nitrogen and oxygen atoms in total. The minimum atomic E-state index is -0.484. The first-order valence-electron chi connectivity index (χ1n) is 5.04. The Morgan fingerprint density at radius 1 is 1.28 bits per heavy atom. The Hall–Kier alpha value is -1.40. The number of rotatable bonds is 1. The smallest absolute Gasteiger partial charge is 0.254 e. The van der Waals surface area contributed by atoms with Gasteiger partial charge in [0.05, 0.1) is 5.02 Å². The number of nitrogens with zero attached hydrogens (tertiary/aromatic N) is 1. The van der Waals surface area contributed by atoms with E-state index < -0.39 is 17.7 Å². The Balaban J connectivity index is 2.22. The molecule has 1 aliphatic heterocycles. The van der Waals surface area contributed by atoms with E-state index in [2.05, 4.69) is 21.2 Å². The van der Waals surface area contributed by atoms with E-state index in [1.165, 1.54) is 11.0 Å². The summed E-state index contributed by atoms with van der Waals surface area (Å²) in [5.41, 5.74) is 0.339. The number of benzene rings is 1. The highest BCUT2D eigenvalue weighted by Gasteiger charge is 2.27. The SMILES string of the molecule is O=C1CN(C(=O)c2ccc(Br)c(Cl)c2)CC(=O)N1. The maximum absolute atomic E-state index is 12.1. The molecule has 0 spiro atoms. The molecule has 0 radical (unpaired) electrons. The number of carbonyl (C=O) groups excluding carboxylic acids is 3. The van der Waals surface area contributed by atoms with Gasteiger partial charge >= 0.3 is 0 Å². The highest BCUT2D eigenvalue weighted by Crippen LogP contribution is 2.23. The van der Waals surface area contributed by atoms with Crippen LogP contribution < -0.4 is 5.32 Å². The van der Waals surface area contributed by atoms with Crippen molar-refractivity contribution in [1.82, 2.24) is 10.2 Å². The summed E-state index contributed by atoms with van der Waals surface area (Å²) in [6.45, 7) is -0.253. The van der Waals surface area contributed by atoms with Crippen molar-refractivity contribution in [2.24, 2.45) is 0 Å². The van der Waals surface area contributed by atoms with Crippen molar-refractivity contribution in [2.75, 3.05) is 13.1 Å². The molecular formula is C11H8BrClN2O3. The zero-order valence-corrected chi connectivity index (χ0v) is 11.4. The monoisotopic (exact) mass is 330 g/mol. The Morgan fingerprint density at radius 3 is 2.44 bits per heavy atom. The van der Waals surface area contributed by atoms with Gasteiger partial charge < -0.3 is 4.90 Å². The van der Waals surface area contributed by atoms with E-state index in [9.17, 15) is 14.4 Å². The number of hydrogen-bond donors (Lipinski definition) is 1. The highest BCUT2D eigenvalue weighted by atomic mass is 79.9. The van der Waals surface area contributed by atoms with Crippen LogP contribution in [0.3, 0.4) is 0 Å². The Labute approximate surface area is 116 Å². The summed E-state index contributed by atoms with van der Waals surface area (Å²) in [6.07, 6.45) is 0. The zero-order chi connectivity index (χ0) is 13.3. The number of nitrogens with one attached hydrogen (secondary N) is 1. The summed E-state index contributed by atoms with van der Waals surface area (Å²) >= 11 is 9.11. The number of amides is 3. The Bertz CT molecular complexity index is 531. The van der Waals surface area contributed by atoms with Gasteiger partial charge in [-0.05, 0) is 34.1 Å². The fourth-order valence-corrected chi connectivity index (χ4v) is 2.02. The van der Waals surface area contributed by atoms with E-state index in [1.807, 2.05) is 0 Å². The third-order valence-electron chi connectivity index (χ3n) is 2.40. The summed E-state index contributed by atoms with van der Waals surface area (Å²) in [6, 6.07) is 4.71. The molecule has 0 aliphatic carbocycles. The van der Waals surface area contributed by atoms with E-state index in [0.29, 0.717) is 15.1 Å². The second-order valence-electron chi connectivity index (χ2n) is 3.76. The number of hydrogen-bond acceptors (Lipinski definition) is 3. The van der Waals surface area contributed by atoms with E-state index in [0.717, 1.165) is 0 Å². The van der Waals surface area contributed by atoms with Crippen LogP contribution in [-0.4, -0.2) is 35.7 Å². The van der Waals surface area contributed by atoms with Crippen molar-refractivity contribution in [3.05, 3.63) is 33.3 Å². The molecule has 0 atom stereocenters. The van der Waals surface area contributed by atoms with Crippen molar-refractivity contribution in [3.8, 4) is 0 Å². The molecule has 94 valence electrons. The summed E-state index contributed by atoms with van der Waals surface area (Å²) in [7, 11) is 0. The lowest BCUT2D eigenvalue weighted by atomic mass is 10.2. The number of piperazine rings is 1. The van der Waals surface area contributed by atoms with Crippen molar-refractivity contribution in [1.29, 1.82) is 0 Å². The van der Waals surface area contributed by atoms with Gasteiger partial charge in [-0.2, -0.15) is 0 Å². The normalized spacial score (nSPS) is 15.6. The van der Waals surface area contributed by atoms with Crippen molar-refractivity contribution in [2.45, 2.75) is 0 Å². The maximum Gasteiger partial charge on any atom is 0.254 e. The molecule has 1 heterocycles. The van der Waals surface area contributed by atoms with Crippen LogP contribution in [0.4, 0.5) is 0 Å².